The predicted molar refractivity (Wildman–Crippen MR) is 120 cm³/mol. The Morgan fingerprint density at radius 2 is 1.97 bits per heavy atom. The van der Waals surface area contributed by atoms with Crippen molar-refractivity contribution in [1.29, 1.82) is 0 Å². The lowest BCUT2D eigenvalue weighted by molar-refractivity contribution is -0.122. The van der Waals surface area contributed by atoms with E-state index in [4.69, 9.17) is 9.47 Å². The Morgan fingerprint density at radius 1 is 1.13 bits per heavy atom. The zero-order chi connectivity index (χ0) is 21.6. The largest absolute Gasteiger partial charge is 0.504 e. The summed E-state index contributed by atoms with van der Waals surface area (Å²) >= 11 is 0. The summed E-state index contributed by atoms with van der Waals surface area (Å²) in [7, 11) is 1.52. The third-order valence-electron chi connectivity index (χ3n) is 5.86. The molecule has 31 heavy (non-hydrogen) atoms. The van der Waals surface area contributed by atoms with E-state index in [0.29, 0.717) is 18.6 Å². The highest BCUT2D eigenvalue weighted by Gasteiger charge is 2.24. The average Bonchev–Trinajstić information content (AvgIpc) is 2.80. The van der Waals surface area contributed by atoms with Gasteiger partial charge in [-0.15, -0.1) is 0 Å². The molecule has 2 N–H and O–H groups in total. The van der Waals surface area contributed by atoms with E-state index in [0.717, 1.165) is 47.8 Å². The van der Waals surface area contributed by atoms with Crippen LogP contribution in [-0.2, 0) is 11.2 Å². The molecule has 0 unspecified atom stereocenters. The van der Waals surface area contributed by atoms with Crippen LogP contribution in [-0.4, -0.2) is 35.3 Å². The van der Waals surface area contributed by atoms with Crippen LogP contribution in [0.25, 0.3) is 10.8 Å². The smallest absolute Gasteiger partial charge is 0.220 e. The molecule has 1 aliphatic rings. The van der Waals surface area contributed by atoms with Gasteiger partial charge in [-0.05, 0) is 61.9 Å². The lowest BCUT2D eigenvalue weighted by Crippen LogP contribution is -2.39. The number of nitrogens with zero attached hydrogens (tertiary/aromatic N) is 1. The minimum atomic E-state index is 0.0537. The molecule has 3 aromatic rings. The van der Waals surface area contributed by atoms with Crippen LogP contribution in [0.4, 0.5) is 0 Å². The molecule has 0 radical (unpaired) electrons. The Morgan fingerprint density at radius 3 is 2.77 bits per heavy atom. The predicted octanol–water partition coefficient (Wildman–Crippen LogP) is 4.39. The van der Waals surface area contributed by atoms with Gasteiger partial charge in [0.2, 0.25) is 5.91 Å². The van der Waals surface area contributed by atoms with Gasteiger partial charge in [0.25, 0.3) is 0 Å². The quantitative estimate of drug-likeness (QED) is 0.593. The van der Waals surface area contributed by atoms with Crippen LogP contribution < -0.4 is 14.8 Å². The third-order valence-corrected chi connectivity index (χ3v) is 5.86. The molecule has 2 aromatic carbocycles. The fraction of sp³-hybridized carbons (Fsp3) is 0.360. The van der Waals surface area contributed by atoms with E-state index in [9.17, 15) is 9.90 Å². The van der Waals surface area contributed by atoms with Crippen LogP contribution in [0.5, 0.6) is 17.2 Å². The second-order valence-electron chi connectivity index (χ2n) is 8.02. The number of benzene rings is 2. The number of ether oxygens (including phenoxy) is 2. The second kappa shape index (κ2) is 9.69. The van der Waals surface area contributed by atoms with E-state index in [1.807, 2.05) is 36.5 Å². The number of rotatable bonds is 7. The summed E-state index contributed by atoms with van der Waals surface area (Å²) in [6, 6.07) is 13.4. The van der Waals surface area contributed by atoms with E-state index >= 15 is 0 Å². The Kier molecular flexibility index (Phi) is 6.55. The van der Waals surface area contributed by atoms with Crippen molar-refractivity contribution in [2.75, 3.05) is 7.11 Å². The Labute approximate surface area is 182 Å². The van der Waals surface area contributed by atoms with Crippen LogP contribution >= 0.6 is 0 Å². The maximum atomic E-state index is 12.4. The molecule has 4 rings (SSSR count). The number of aromatic nitrogens is 1. The van der Waals surface area contributed by atoms with Gasteiger partial charge in [-0.2, -0.15) is 0 Å². The first-order valence-electron chi connectivity index (χ1n) is 10.8. The minimum absolute atomic E-state index is 0.0537. The number of pyridine rings is 1. The molecule has 0 aliphatic heterocycles. The van der Waals surface area contributed by atoms with E-state index < -0.39 is 0 Å². The fourth-order valence-corrected chi connectivity index (χ4v) is 4.14. The van der Waals surface area contributed by atoms with Crippen molar-refractivity contribution in [2.24, 2.45) is 0 Å². The molecule has 0 saturated heterocycles. The van der Waals surface area contributed by atoms with Crippen molar-refractivity contribution in [3.63, 3.8) is 0 Å². The highest BCUT2D eigenvalue weighted by atomic mass is 16.5. The number of methoxy groups -OCH3 is 1. The van der Waals surface area contributed by atoms with Gasteiger partial charge >= 0.3 is 0 Å². The number of carbonyl (C=O) groups is 1. The van der Waals surface area contributed by atoms with E-state index in [1.54, 1.807) is 18.3 Å². The monoisotopic (exact) mass is 420 g/mol. The van der Waals surface area contributed by atoms with Crippen LogP contribution in [0.1, 0.15) is 37.7 Å². The summed E-state index contributed by atoms with van der Waals surface area (Å²) < 4.78 is 11.4. The molecule has 0 bridgehead atoms. The number of amides is 1. The van der Waals surface area contributed by atoms with Gasteiger partial charge in [0.1, 0.15) is 5.75 Å². The summed E-state index contributed by atoms with van der Waals surface area (Å²) in [5.74, 6) is 1.49. The summed E-state index contributed by atoms with van der Waals surface area (Å²) in [5, 5.41) is 15.0. The zero-order valence-corrected chi connectivity index (χ0v) is 17.7. The highest BCUT2D eigenvalue weighted by Crippen LogP contribution is 2.30. The normalized spacial score (nSPS) is 18.5. The molecule has 1 saturated carbocycles. The third kappa shape index (κ3) is 5.26. The van der Waals surface area contributed by atoms with Gasteiger partial charge in [-0.1, -0.05) is 18.2 Å². The van der Waals surface area contributed by atoms with Gasteiger partial charge in [0.05, 0.1) is 13.2 Å². The number of aryl methyl sites for hydroxylation is 1. The fourth-order valence-electron chi connectivity index (χ4n) is 4.14. The molecule has 1 heterocycles. The van der Waals surface area contributed by atoms with Crippen molar-refractivity contribution in [1.82, 2.24) is 10.3 Å². The molecular weight excluding hydrogens is 392 g/mol. The first-order valence-corrected chi connectivity index (χ1v) is 10.8. The molecule has 0 spiro atoms. The van der Waals surface area contributed by atoms with Crippen molar-refractivity contribution >= 4 is 16.7 Å². The van der Waals surface area contributed by atoms with Gasteiger partial charge in [0.15, 0.2) is 11.5 Å². The number of aromatic hydroxyl groups is 1. The Balaban J connectivity index is 1.24. The number of fused-ring (bicyclic) bond motifs is 1. The van der Waals surface area contributed by atoms with Crippen molar-refractivity contribution in [2.45, 2.75) is 50.7 Å². The standard InChI is InChI=1S/C25H28N2O4/c1-30-24-15-17(5-11-22(24)28)6-12-25(29)27-19-7-9-20(10-8-19)31-23-4-2-3-18-16-26-14-13-21(18)23/h2-5,11,13-16,19-20,28H,6-10,12H2,1H3,(H,27,29). The Hall–Kier alpha value is -3.28. The number of phenols is 1. The van der Waals surface area contributed by atoms with Crippen LogP contribution in [0.2, 0.25) is 0 Å². The topological polar surface area (TPSA) is 80.7 Å². The summed E-state index contributed by atoms with van der Waals surface area (Å²) in [5.41, 5.74) is 0.965. The van der Waals surface area contributed by atoms with E-state index in [2.05, 4.69) is 10.3 Å². The van der Waals surface area contributed by atoms with Gasteiger partial charge in [-0.3, -0.25) is 9.78 Å². The molecular formula is C25H28N2O4. The molecule has 0 atom stereocenters. The molecule has 1 aromatic heterocycles. The summed E-state index contributed by atoms with van der Waals surface area (Å²) in [4.78, 5) is 16.6. The lowest BCUT2D eigenvalue weighted by atomic mass is 9.92. The molecule has 1 fully saturated rings. The number of nitrogens with one attached hydrogen (secondary N) is 1. The number of hydrogen-bond acceptors (Lipinski definition) is 5. The highest BCUT2D eigenvalue weighted by molar-refractivity contribution is 5.87. The zero-order valence-electron chi connectivity index (χ0n) is 17.7. The second-order valence-corrected chi connectivity index (χ2v) is 8.02. The SMILES string of the molecule is COc1cc(CCC(=O)NC2CCC(Oc3cccc4cnccc34)CC2)ccc1O. The van der Waals surface area contributed by atoms with Gasteiger partial charge in [0, 0.05) is 35.6 Å². The van der Waals surface area contributed by atoms with E-state index in [-0.39, 0.29) is 23.8 Å². The van der Waals surface area contributed by atoms with Crippen molar-refractivity contribution < 1.29 is 19.4 Å². The van der Waals surface area contributed by atoms with Crippen LogP contribution in [0.15, 0.2) is 54.9 Å². The first kappa shape index (κ1) is 21.0. The molecule has 162 valence electrons. The van der Waals surface area contributed by atoms with Crippen LogP contribution in [0, 0.1) is 0 Å². The first-order chi connectivity index (χ1) is 15.1. The lowest BCUT2D eigenvalue weighted by Gasteiger charge is -2.30. The van der Waals surface area contributed by atoms with E-state index in [1.165, 1.54) is 7.11 Å². The van der Waals surface area contributed by atoms with Crippen molar-refractivity contribution in [3.05, 3.63) is 60.4 Å². The van der Waals surface area contributed by atoms with Gasteiger partial charge in [-0.25, -0.2) is 0 Å². The summed E-state index contributed by atoms with van der Waals surface area (Å²) in [6.07, 6.45) is 8.48. The maximum Gasteiger partial charge on any atom is 0.220 e. The number of carbonyl (C=O) groups excluding carboxylic acids is 1. The molecule has 1 aliphatic carbocycles. The average molecular weight is 421 g/mol. The molecule has 6 nitrogen and oxygen atoms in total. The number of phenolic OH excluding ortho intramolecular Hbond substituents is 1. The maximum absolute atomic E-state index is 12.4. The van der Waals surface area contributed by atoms with Gasteiger partial charge < -0.3 is 19.9 Å². The number of hydrogen-bond donors (Lipinski definition) is 2. The minimum Gasteiger partial charge on any atom is -0.504 e. The molecule has 6 heteroatoms. The Bertz CT molecular complexity index is 1040. The summed E-state index contributed by atoms with van der Waals surface area (Å²) in [6.45, 7) is 0. The van der Waals surface area contributed by atoms with Crippen molar-refractivity contribution in [3.8, 4) is 17.2 Å². The van der Waals surface area contributed by atoms with Crippen LogP contribution in [0.3, 0.4) is 0 Å². The molecule has 1 amide bonds.